The Labute approximate surface area is 145 Å². The van der Waals surface area contributed by atoms with Crippen LogP contribution >= 0.6 is 0 Å². The predicted molar refractivity (Wildman–Crippen MR) is 92.3 cm³/mol. The Kier molecular flexibility index (Phi) is 4.16. The molecule has 3 aromatic rings. The number of benzene rings is 1. The molecule has 1 aromatic carbocycles. The quantitative estimate of drug-likeness (QED) is 0.659. The third kappa shape index (κ3) is 3.24. The van der Waals surface area contributed by atoms with E-state index >= 15 is 0 Å². The van der Waals surface area contributed by atoms with Crippen molar-refractivity contribution in [1.82, 2.24) is 15.1 Å². The van der Waals surface area contributed by atoms with Gasteiger partial charge in [-0.05, 0) is 30.3 Å². The molecule has 126 valence electrons. The lowest BCUT2D eigenvalue weighted by Gasteiger charge is -2.16. The molecule has 0 fully saturated rings. The average Bonchev–Trinajstić information content (AvgIpc) is 3.34. The van der Waals surface area contributed by atoms with Crippen LogP contribution in [0.25, 0.3) is 22.8 Å². The van der Waals surface area contributed by atoms with E-state index in [1.807, 2.05) is 30.3 Å². The maximum atomic E-state index is 6.07. The van der Waals surface area contributed by atoms with E-state index in [1.165, 1.54) is 0 Å². The van der Waals surface area contributed by atoms with Gasteiger partial charge in [-0.2, -0.15) is 4.98 Å². The summed E-state index contributed by atoms with van der Waals surface area (Å²) in [6, 6.07) is 9.28. The summed E-state index contributed by atoms with van der Waals surface area (Å²) in [4.78, 5) is 8.46. The minimum Gasteiger partial charge on any atom is -0.493 e. The van der Waals surface area contributed by atoms with E-state index in [2.05, 4.69) is 27.3 Å². The lowest BCUT2D eigenvalue weighted by Crippen LogP contribution is -2.12. The fourth-order valence-corrected chi connectivity index (χ4v) is 2.73. The lowest BCUT2D eigenvalue weighted by molar-refractivity contribution is 0.207. The number of hydrogen-bond acceptors (Lipinski definition) is 6. The van der Waals surface area contributed by atoms with Crippen LogP contribution in [0.3, 0.4) is 0 Å². The van der Waals surface area contributed by atoms with Gasteiger partial charge in [0.25, 0.3) is 5.89 Å². The molecule has 0 unspecified atom stereocenters. The summed E-state index contributed by atoms with van der Waals surface area (Å²) in [6.07, 6.45) is 9.58. The normalized spacial score (nSPS) is 14.0. The highest BCUT2D eigenvalue weighted by Gasteiger charge is 2.17. The van der Waals surface area contributed by atoms with Crippen LogP contribution in [0.2, 0.25) is 0 Å². The largest absolute Gasteiger partial charge is 0.493 e. The molecule has 0 aliphatic heterocycles. The summed E-state index contributed by atoms with van der Waals surface area (Å²) >= 11 is 0. The first-order valence-electron chi connectivity index (χ1n) is 8.07. The third-order valence-electron chi connectivity index (χ3n) is 4.03. The maximum absolute atomic E-state index is 6.07. The van der Waals surface area contributed by atoms with Gasteiger partial charge < -0.3 is 14.0 Å². The molecule has 1 aliphatic rings. The van der Waals surface area contributed by atoms with E-state index in [9.17, 15) is 0 Å². The van der Waals surface area contributed by atoms with Crippen molar-refractivity contribution in [3.05, 3.63) is 54.9 Å². The minimum atomic E-state index is 0.138. The zero-order valence-electron chi connectivity index (χ0n) is 13.8. The van der Waals surface area contributed by atoms with E-state index in [0.717, 1.165) is 24.0 Å². The maximum Gasteiger partial charge on any atom is 0.258 e. The van der Waals surface area contributed by atoms with Crippen LogP contribution in [-0.4, -0.2) is 28.3 Å². The molecule has 25 heavy (non-hydrogen) atoms. The number of nitrogens with zero attached hydrogens (tertiary/aromatic N) is 3. The smallest absolute Gasteiger partial charge is 0.258 e. The molecule has 2 heterocycles. The molecule has 0 saturated heterocycles. The highest BCUT2D eigenvalue weighted by Crippen LogP contribution is 2.34. The van der Waals surface area contributed by atoms with Crippen molar-refractivity contribution in [3.63, 3.8) is 0 Å². The van der Waals surface area contributed by atoms with Crippen LogP contribution in [0.1, 0.15) is 12.8 Å². The standard InChI is InChI=1S/C19H17N3O3/c1-23-16-7-6-14(12-17(16)24-15-4-2-3-5-15)19-21-18(22-25-19)13-8-10-20-11-9-13/h2-3,6-12,15H,4-5H2,1H3. The highest BCUT2D eigenvalue weighted by atomic mass is 16.5. The number of aromatic nitrogens is 3. The number of rotatable bonds is 5. The van der Waals surface area contributed by atoms with Crippen molar-refractivity contribution in [2.45, 2.75) is 18.9 Å². The molecule has 6 nitrogen and oxygen atoms in total. The molecule has 6 heteroatoms. The summed E-state index contributed by atoms with van der Waals surface area (Å²) in [5, 5.41) is 4.04. The zero-order chi connectivity index (χ0) is 17.1. The van der Waals surface area contributed by atoms with Crippen molar-refractivity contribution in [3.8, 4) is 34.3 Å². The fourth-order valence-electron chi connectivity index (χ4n) is 2.73. The Morgan fingerprint density at radius 3 is 2.56 bits per heavy atom. The van der Waals surface area contributed by atoms with Gasteiger partial charge in [-0.25, -0.2) is 0 Å². The van der Waals surface area contributed by atoms with Crippen LogP contribution in [0, 0.1) is 0 Å². The number of methoxy groups -OCH3 is 1. The van der Waals surface area contributed by atoms with E-state index in [-0.39, 0.29) is 6.10 Å². The molecular weight excluding hydrogens is 318 g/mol. The zero-order valence-corrected chi connectivity index (χ0v) is 13.8. The highest BCUT2D eigenvalue weighted by molar-refractivity contribution is 5.62. The molecular formula is C19H17N3O3. The van der Waals surface area contributed by atoms with Crippen LogP contribution < -0.4 is 9.47 Å². The number of pyridine rings is 1. The van der Waals surface area contributed by atoms with Gasteiger partial charge in [0.1, 0.15) is 6.10 Å². The van der Waals surface area contributed by atoms with Crippen molar-refractivity contribution in [2.24, 2.45) is 0 Å². The summed E-state index contributed by atoms with van der Waals surface area (Å²) < 4.78 is 16.9. The van der Waals surface area contributed by atoms with E-state index < -0.39 is 0 Å². The second kappa shape index (κ2) is 6.76. The topological polar surface area (TPSA) is 70.3 Å². The van der Waals surface area contributed by atoms with Crippen molar-refractivity contribution < 1.29 is 14.0 Å². The Balaban J connectivity index is 1.63. The lowest BCUT2D eigenvalue weighted by atomic mass is 10.2. The van der Waals surface area contributed by atoms with E-state index in [0.29, 0.717) is 23.2 Å². The monoisotopic (exact) mass is 335 g/mol. The molecule has 0 N–H and O–H groups in total. The average molecular weight is 335 g/mol. The molecule has 0 spiro atoms. The first kappa shape index (κ1) is 15.4. The van der Waals surface area contributed by atoms with Crippen LogP contribution in [0.15, 0.2) is 59.4 Å². The third-order valence-corrected chi connectivity index (χ3v) is 4.03. The molecule has 0 radical (unpaired) electrons. The second-order valence-corrected chi connectivity index (χ2v) is 5.71. The van der Waals surface area contributed by atoms with Gasteiger partial charge in [0.05, 0.1) is 7.11 Å². The van der Waals surface area contributed by atoms with Gasteiger partial charge in [0.2, 0.25) is 5.82 Å². The van der Waals surface area contributed by atoms with Crippen molar-refractivity contribution in [2.75, 3.05) is 7.11 Å². The van der Waals surface area contributed by atoms with E-state index in [1.54, 1.807) is 19.5 Å². The number of ether oxygens (including phenoxy) is 2. The number of hydrogen-bond donors (Lipinski definition) is 0. The molecule has 0 atom stereocenters. The minimum absolute atomic E-state index is 0.138. The SMILES string of the molecule is COc1ccc(-c2nc(-c3ccncc3)no2)cc1OC1CC=CC1. The Morgan fingerprint density at radius 2 is 1.80 bits per heavy atom. The van der Waals surface area contributed by atoms with Gasteiger partial charge >= 0.3 is 0 Å². The van der Waals surface area contributed by atoms with E-state index in [4.69, 9.17) is 14.0 Å². The van der Waals surface area contributed by atoms with Gasteiger partial charge in [-0.1, -0.05) is 17.3 Å². The fraction of sp³-hybridized carbons (Fsp3) is 0.211. The molecule has 0 amide bonds. The first-order valence-corrected chi connectivity index (χ1v) is 8.07. The van der Waals surface area contributed by atoms with Gasteiger partial charge in [0, 0.05) is 36.4 Å². The summed E-state index contributed by atoms with van der Waals surface area (Å²) in [6.45, 7) is 0. The molecule has 1 aliphatic carbocycles. The Bertz CT molecular complexity index is 882. The summed E-state index contributed by atoms with van der Waals surface area (Å²) in [7, 11) is 1.63. The first-order chi connectivity index (χ1) is 12.3. The van der Waals surface area contributed by atoms with Gasteiger partial charge in [0.15, 0.2) is 11.5 Å². The summed E-state index contributed by atoms with van der Waals surface area (Å²) in [5.74, 6) is 2.32. The predicted octanol–water partition coefficient (Wildman–Crippen LogP) is 3.90. The van der Waals surface area contributed by atoms with Crippen LogP contribution in [-0.2, 0) is 0 Å². The Morgan fingerprint density at radius 1 is 1.00 bits per heavy atom. The second-order valence-electron chi connectivity index (χ2n) is 5.71. The van der Waals surface area contributed by atoms with Crippen molar-refractivity contribution in [1.29, 1.82) is 0 Å². The Hall–Kier alpha value is -3.15. The van der Waals surface area contributed by atoms with Crippen molar-refractivity contribution >= 4 is 0 Å². The van der Waals surface area contributed by atoms with Gasteiger partial charge in [-0.3, -0.25) is 4.98 Å². The molecule has 4 rings (SSSR count). The van der Waals surface area contributed by atoms with Gasteiger partial charge in [-0.15, -0.1) is 0 Å². The van der Waals surface area contributed by atoms with Crippen LogP contribution in [0.4, 0.5) is 0 Å². The molecule has 2 aromatic heterocycles. The van der Waals surface area contributed by atoms with Crippen LogP contribution in [0.5, 0.6) is 11.5 Å². The summed E-state index contributed by atoms with van der Waals surface area (Å²) in [5.41, 5.74) is 1.64. The molecule has 0 bridgehead atoms. The molecule has 0 saturated carbocycles.